The van der Waals surface area contributed by atoms with Crippen LogP contribution in [0.5, 0.6) is 0 Å². The third kappa shape index (κ3) is 4.55. The molecular formula is C26H24N4. The molecule has 3 aromatic carbocycles. The van der Waals surface area contributed by atoms with Crippen molar-refractivity contribution in [2.75, 3.05) is 10.6 Å². The molecule has 148 valence electrons. The Balaban J connectivity index is 1.68. The fourth-order valence-corrected chi connectivity index (χ4v) is 3.29. The van der Waals surface area contributed by atoms with Crippen LogP contribution in [-0.4, -0.2) is 9.97 Å². The second-order valence-corrected chi connectivity index (χ2v) is 6.97. The normalized spacial score (nSPS) is 11.4. The number of anilines is 4. The van der Waals surface area contributed by atoms with Gasteiger partial charge in [-0.2, -0.15) is 0 Å². The largest absolute Gasteiger partial charge is 0.354 e. The summed E-state index contributed by atoms with van der Waals surface area (Å²) in [5, 5.41) is 8.05. The van der Waals surface area contributed by atoms with E-state index in [4.69, 9.17) is 0 Å². The minimum absolute atomic E-state index is 0.895. The first-order chi connectivity index (χ1) is 14.7. The summed E-state index contributed by atoms with van der Waals surface area (Å²) in [4.78, 5) is 8.57. The third-order valence-electron chi connectivity index (χ3n) is 4.74. The summed E-state index contributed by atoms with van der Waals surface area (Å²) in [6, 6.07) is 20.8. The Morgan fingerprint density at radius 3 is 1.77 bits per heavy atom. The van der Waals surface area contributed by atoms with Crippen LogP contribution in [0.2, 0.25) is 0 Å². The average Bonchev–Trinajstić information content (AvgIpc) is 2.77. The first-order valence-corrected chi connectivity index (χ1v) is 9.98. The molecule has 0 fully saturated rings. The van der Waals surface area contributed by atoms with Crippen molar-refractivity contribution in [3.05, 3.63) is 96.5 Å². The molecule has 0 saturated carbocycles. The van der Waals surface area contributed by atoms with Crippen molar-refractivity contribution in [1.82, 2.24) is 9.97 Å². The summed E-state index contributed by atoms with van der Waals surface area (Å²) in [7, 11) is 0. The molecule has 0 amide bonds. The zero-order chi connectivity index (χ0) is 20.8. The third-order valence-corrected chi connectivity index (χ3v) is 4.74. The number of benzene rings is 3. The molecule has 0 spiro atoms. The fraction of sp³-hybridized carbons (Fsp3) is 0.0769. The van der Waals surface area contributed by atoms with E-state index in [1.165, 1.54) is 11.1 Å². The molecule has 0 aliphatic heterocycles. The number of nitrogens with zero attached hydrogens (tertiary/aromatic N) is 2. The van der Waals surface area contributed by atoms with Crippen molar-refractivity contribution in [3.8, 4) is 0 Å². The molecule has 0 saturated heterocycles. The van der Waals surface area contributed by atoms with E-state index >= 15 is 0 Å². The number of allylic oxidation sites excluding steroid dienone is 2. The molecular weight excluding hydrogens is 368 g/mol. The van der Waals surface area contributed by atoms with Gasteiger partial charge in [0.1, 0.15) is 6.33 Å². The van der Waals surface area contributed by atoms with E-state index in [1.807, 2.05) is 38.3 Å². The number of rotatable bonds is 6. The maximum absolute atomic E-state index is 4.41. The summed E-state index contributed by atoms with van der Waals surface area (Å²) < 4.78 is 0. The highest BCUT2D eigenvalue weighted by molar-refractivity contribution is 5.92. The number of hydrogen-bond donors (Lipinski definition) is 2. The lowest BCUT2D eigenvalue weighted by Crippen LogP contribution is -1.99. The molecule has 0 aliphatic carbocycles. The molecule has 4 nitrogen and oxygen atoms in total. The molecule has 0 unspecified atom stereocenters. The van der Waals surface area contributed by atoms with Gasteiger partial charge in [-0.05, 0) is 61.4 Å². The maximum Gasteiger partial charge on any atom is 0.116 e. The Labute approximate surface area is 177 Å². The summed E-state index contributed by atoms with van der Waals surface area (Å²) in [6.45, 7) is 4.04. The Morgan fingerprint density at radius 2 is 1.23 bits per heavy atom. The summed E-state index contributed by atoms with van der Waals surface area (Å²) >= 11 is 0. The highest BCUT2D eigenvalue weighted by Gasteiger charge is 2.08. The Kier molecular flexibility index (Phi) is 5.85. The molecule has 4 rings (SSSR count). The number of fused-ring (bicyclic) bond motifs is 1. The van der Waals surface area contributed by atoms with E-state index in [1.54, 1.807) is 6.33 Å². The predicted octanol–water partition coefficient (Wildman–Crippen LogP) is 7.18. The van der Waals surface area contributed by atoms with Crippen LogP contribution in [0.1, 0.15) is 25.0 Å². The van der Waals surface area contributed by atoms with Gasteiger partial charge in [-0.3, -0.25) is 0 Å². The van der Waals surface area contributed by atoms with E-state index in [0.29, 0.717) is 0 Å². The van der Waals surface area contributed by atoms with E-state index in [2.05, 4.69) is 87.4 Å². The number of nitrogens with one attached hydrogen (secondary N) is 2. The summed E-state index contributed by atoms with van der Waals surface area (Å²) in [5.41, 5.74) is 7.20. The van der Waals surface area contributed by atoms with Crippen molar-refractivity contribution in [3.63, 3.8) is 0 Å². The van der Waals surface area contributed by atoms with Gasteiger partial charge in [0.05, 0.1) is 16.9 Å². The molecule has 0 atom stereocenters. The van der Waals surface area contributed by atoms with Crippen molar-refractivity contribution < 1.29 is 0 Å². The average molecular weight is 393 g/mol. The lowest BCUT2D eigenvalue weighted by Gasteiger charge is -2.15. The van der Waals surface area contributed by atoms with Crippen LogP contribution in [0.3, 0.4) is 0 Å². The van der Waals surface area contributed by atoms with Gasteiger partial charge >= 0.3 is 0 Å². The smallest absolute Gasteiger partial charge is 0.116 e. The zero-order valence-corrected chi connectivity index (χ0v) is 17.1. The van der Waals surface area contributed by atoms with Crippen LogP contribution in [0.15, 0.2) is 85.3 Å². The molecule has 0 radical (unpaired) electrons. The van der Waals surface area contributed by atoms with Gasteiger partial charge in [0.25, 0.3) is 0 Å². The monoisotopic (exact) mass is 392 g/mol. The van der Waals surface area contributed by atoms with Gasteiger partial charge in [-0.15, -0.1) is 0 Å². The summed E-state index contributed by atoms with van der Waals surface area (Å²) in [6.07, 6.45) is 11.6. The molecule has 0 bridgehead atoms. The molecule has 2 N–H and O–H groups in total. The standard InChI is InChI=1S/C26H24N4/c1-3-5-19-7-11-22(12-8-19)29-25-15-21-17-27-18-28-24(21)16-26(25)30-23-13-9-20(6-4-2)10-14-23/h3-18,29-30H,1-2H3/b5-3+,6-4+. The van der Waals surface area contributed by atoms with Gasteiger partial charge in [0.2, 0.25) is 0 Å². The topological polar surface area (TPSA) is 49.8 Å². The summed E-state index contributed by atoms with van der Waals surface area (Å²) in [5.74, 6) is 0. The van der Waals surface area contributed by atoms with Crippen LogP contribution >= 0.6 is 0 Å². The second kappa shape index (κ2) is 9.05. The van der Waals surface area contributed by atoms with Gasteiger partial charge in [-0.25, -0.2) is 9.97 Å². The molecule has 4 aromatic rings. The van der Waals surface area contributed by atoms with E-state index in [-0.39, 0.29) is 0 Å². The molecule has 30 heavy (non-hydrogen) atoms. The Morgan fingerprint density at radius 1 is 0.700 bits per heavy atom. The van der Waals surface area contributed by atoms with Crippen molar-refractivity contribution in [1.29, 1.82) is 0 Å². The van der Waals surface area contributed by atoms with Crippen molar-refractivity contribution in [2.24, 2.45) is 0 Å². The van der Waals surface area contributed by atoms with Gasteiger partial charge in [-0.1, -0.05) is 48.6 Å². The van der Waals surface area contributed by atoms with Crippen molar-refractivity contribution in [2.45, 2.75) is 13.8 Å². The van der Waals surface area contributed by atoms with E-state index in [0.717, 1.165) is 33.7 Å². The first-order valence-electron chi connectivity index (χ1n) is 9.98. The number of aromatic nitrogens is 2. The van der Waals surface area contributed by atoms with E-state index in [9.17, 15) is 0 Å². The van der Waals surface area contributed by atoms with Gasteiger partial charge in [0, 0.05) is 23.0 Å². The molecule has 1 aromatic heterocycles. The second-order valence-electron chi connectivity index (χ2n) is 6.97. The SMILES string of the molecule is C/C=C/c1ccc(Nc2cc3cncnc3cc2Nc2ccc(/C=C/C)cc2)cc1. The minimum Gasteiger partial charge on any atom is -0.354 e. The van der Waals surface area contributed by atoms with Crippen LogP contribution in [0, 0.1) is 0 Å². The van der Waals surface area contributed by atoms with Crippen LogP contribution < -0.4 is 10.6 Å². The molecule has 0 aliphatic rings. The lowest BCUT2D eigenvalue weighted by atomic mass is 10.1. The van der Waals surface area contributed by atoms with Gasteiger partial charge in [0.15, 0.2) is 0 Å². The van der Waals surface area contributed by atoms with Crippen LogP contribution in [0.4, 0.5) is 22.7 Å². The molecule has 1 heterocycles. The highest BCUT2D eigenvalue weighted by atomic mass is 15.0. The van der Waals surface area contributed by atoms with Gasteiger partial charge < -0.3 is 10.6 Å². The predicted molar refractivity (Wildman–Crippen MR) is 128 cm³/mol. The Hall–Kier alpha value is -3.92. The number of hydrogen-bond acceptors (Lipinski definition) is 4. The van der Waals surface area contributed by atoms with Crippen molar-refractivity contribution >= 4 is 45.8 Å². The zero-order valence-electron chi connectivity index (χ0n) is 17.1. The van der Waals surface area contributed by atoms with Crippen LogP contribution in [0.25, 0.3) is 23.1 Å². The molecule has 4 heteroatoms. The lowest BCUT2D eigenvalue weighted by molar-refractivity contribution is 1.22. The highest BCUT2D eigenvalue weighted by Crippen LogP contribution is 2.32. The fourth-order valence-electron chi connectivity index (χ4n) is 3.29. The van der Waals surface area contributed by atoms with Crippen LogP contribution in [-0.2, 0) is 0 Å². The Bertz CT molecular complexity index is 1090. The minimum atomic E-state index is 0.895. The van der Waals surface area contributed by atoms with E-state index < -0.39 is 0 Å². The first kappa shape index (κ1) is 19.4. The maximum atomic E-state index is 4.41. The quantitative estimate of drug-likeness (QED) is 0.365.